The summed E-state index contributed by atoms with van der Waals surface area (Å²) in [6.07, 6.45) is 4.32. The Morgan fingerprint density at radius 3 is 2.38 bits per heavy atom. The highest BCUT2D eigenvalue weighted by Crippen LogP contribution is 2.23. The number of hydrogen-bond donors (Lipinski definition) is 8. The van der Waals surface area contributed by atoms with Gasteiger partial charge in [-0.1, -0.05) is 35.5 Å². The van der Waals surface area contributed by atoms with Gasteiger partial charge in [0.2, 0.25) is 17.7 Å². The van der Waals surface area contributed by atoms with Crippen LogP contribution in [0.1, 0.15) is 72.1 Å². The van der Waals surface area contributed by atoms with Crippen molar-refractivity contribution in [3.8, 4) is 5.75 Å². The van der Waals surface area contributed by atoms with Crippen LogP contribution in [0.2, 0.25) is 0 Å². The average molecular weight is 622 g/mol. The fraction of sp³-hybridized carbons (Fsp3) is 0.469. The van der Waals surface area contributed by atoms with Crippen LogP contribution in [0.15, 0.2) is 47.0 Å². The van der Waals surface area contributed by atoms with Crippen LogP contribution in [0.5, 0.6) is 5.75 Å². The molecule has 0 unspecified atom stereocenters. The van der Waals surface area contributed by atoms with Crippen LogP contribution in [0.3, 0.4) is 0 Å². The zero-order chi connectivity index (χ0) is 32.8. The molecule has 2 amide bonds. The number of aromatic hydroxyl groups is 1. The van der Waals surface area contributed by atoms with Gasteiger partial charge in [-0.05, 0) is 93.3 Å². The van der Waals surface area contributed by atoms with Gasteiger partial charge < -0.3 is 42.8 Å². The van der Waals surface area contributed by atoms with Gasteiger partial charge >= 0.3 is 0 Å². The maximum atomic E-state index is 13.9. The number of carbonyl (C=O) groups excluding carboxylic acids is 2. The van der Waals surface area contributed by atoms with Crippen LogP contribution in [-0.2, 0) is 28.9 Å². The van der Waals surface area contributed by atoms with Gasteiger partial charge in [-0.2, -0.15) is 4.98 Å². The molecule has 0 bridgehead atoms. The second-order valence-corrected chi connectivity index (χ2v) is 11.3. The third-order valence-corrected chi connectivity index (χ3v) is 7.59. The number of nitrogens with zero attached hydrogens (tertiary/aromatic N) is 2. The zero-order valence-corrected chi connectivity index (χ0v) is 26.1. The Morgan fingerprint density at radius 2 is 1.71 bits per heavy atom. The summed E-state index contributed by atoms with van der Waals surface area (Å²) in [5, 5.41) is 30.0. The Hall–Kier alpha value is -4.49. The molecule has 0 aliphatic heterocycles. The first-order chi connectivity index (χ1) is 21.6. The van der Waals surface area contributed by atoms with E-state index in [-0.39, 0.29) is 18.1 Å². The Balaban J connectivity index is 1.78. The Bertz CT molecular complexity index is 1370. The lowest BCUT2D eigenvalue weighted by molar-refractivity contribution is -0.130. The molecule has 0 spiro atoms. The zero-order valence-electron chi connectivity index (χ0n) is 26.1. The van der Waals surface area contributed by atoms with E-state index in [4.69, 9.17) is 27.1 Å². The number of phenolic OH excluding ortho intramolecular Hbond substituents is 1. The maximum absolute atomic E-state index is 13.9. The smallest absolute Gasteiger partial charge is 0.249 e. The first kappa shape index (κ1) is 35.0. The molecule has 0 aliphatic carbocycles. The SMILES string of the molecule is Cc1cc(O)cc(C)c1C[C@H](NC(=O)[C@H](N)CCCNC(=N)N)C(=O)N[C@@H](CCCCN)c1nc(CCc2ccccc2)no1. The van der Waals surface area contributed by atoms with Gasteiger partial charge in [0.15, 0.2) is 11.8 Å². The van der Waals surface area contributed by atoms with Gasteiger partial charge in [-0.25, -0.2) is 0 Å². The van der Waals surface area contributed by atoms with Gasteiger partial charge in [0.25, 0.3) is 0 Å². The Morgan fingerprint density at radius 1 is 1.00 bits per heavy atom. The van der Waals surface area contributed by atoms with Crippen molar-refractivity contribution in [2.75, 3.05) is 13.1 Å². The second-order valence-electron chi connectivity index (χ2n) is 11.3. The first-order valence-electron chi connectivity index (χ1n) is 15.4. The van der Waals surface area contributed by atoms with Crippen molar-refractivity contribution in [3.05, 3.63) is 76.4 Å². The Labute approximate surface area is 264 Å². The molecule has 11 N–H and O–H groups in total. The summed E-state index contributed by atoms with van der Waals surface area (Å²) in [5.41, 5.74) is 20.8. The lowest BCUT2D eigenvalue weighted by Crippen LogP contribution is -2.53. The molecular weight excluding hydrogens is 574 g/mol. The predicted molar refractivity (Wildman–Crippen MR) is 172 cm³/mol. The molecule has 244 valence electrons. The molecule has 3 rings (SSSR count). The van der Waals surface area contributed by atoms with Crippen LogP contribution in [0.25, 0.3) is 0 Å². The maximum Gasteiger partial charge on any atom is 0.249 e. The standard InChI is InChI=1S/C32H47N9O4/c1-20-17-23(42)18-21(2)24(20)19-27(39-29(43)25(34)11-8-16-37-32(35)36)30(44)38-26(12-6-7-15-33)31-40-28(41-45-31)14-13-22-9-4-3-5-10-22/h3-5,9-10,17-18,25-27,42H,6-8,11-16,19,33-34H2,1-2H3,(H,38,44)(H,39,43)(H4,35,36,37)/t25-,26+,27+/m1/s1. The molecular formula is C32H47N9O4. The Kier molecular flexibility index (Phi) is 13.8. The van der Waals surface area contributed by atoms with E-state index in [1.54, 1.807) is 12.1 Å². The topological polar surface area (TPSA) is 231 Å². The van der Waals surface area contributed by atoms with E-state index in [0.717, 1.165) is 41.5 Å². The van der Waals surface area contributed by atoms with Crippen LogP contribution in [0, 0.1) is 19.3 Å². The number of carbonyl (C=O) groups is 2. The minimum absolute atomic E-state index is 0.124. The van der Waals surface area contributed by atoms with Gasteiger partial charge in [-0.15, -0.1) is 0 Å². The molecule has 13 heteroatoms. The number of aromatic nitrogens is 2. The summed E-state index contributed by atoms with van der Waals surface area (Å²) in [6, 6.07) is 10.8. The highest BCUT2D eigenvalue weighted by molar-refractivity contribution is 5.90. The van der Waals surface area contributed by atoms with Crippen molar-refractivity contribution in [2.45, 2.75) is 83.3 Å². The van der Waals surface area contributed by atoms with Crippen molar-refractivity contribution in [1.29, 1.82) is 5.41 Å². The minimum Gasteiger partial charge on any atom is -0.508 e. The minimum atomic E-state index is -0.974. The third-order valence-electron chi connectivity index (χ3n) is 7.59. The predicted octanol–water partition coefficient (Wildman–Crippen LogP) is 1.78. The summed E-state index contributed by atoms with van der Waals surface area (Å²) in [6.45, 7) is 4.59. The summed E-state index contributed by atoms with van der Waals surface area (Å²) < 4.78 is 5.62. The van der Waals surface area contributed by atoms with Gasteiger partial charge in [0.05, 0.1) is 6.04 Å². The van der Waals surface area contributed by atoms with E-state index in [2.05, 4.69) is 26.1 Å². The number of hydrogen-bond acceptors (Lipinski definition) is 9. The van der Waals surface area contributed by atoms with Gasteiger partial charge in [-0.3, -0.25) is 15.0 Å². The van der Waals surface area contributed by atoms with E-state index < -0.39 is 29.9 Å². The molecule has 0 saturated heterocycles. The highest BCUT2D eigenvalue weighted by atomic mass is 16.5. The average Bonchev–Trinajstić information content (AvgIpc) is 3.48. The number of aryl methyl sites for hydroxylation is 4. The van der Waals surface area contributed by atoms with Crippen molar-refractivity contribution in [1.82, 2.24) is 26.1 Å². The molecule has 45 heavy (non-hydrogen) atoms. The molecule has 3 aromatic rings. The molecule has 1 aromatic heterocycles. The van der Waals surface area contributed by atoms with Crippen molar-refractivity contribution in [3.63, 3.8) is 0 Å². The quantitative estimate of drug-likeness (QED) is 0.0583. The van der Waals surface area contributed by atoms with E-state index in [1.165, 1.54) is 0 Å². The number of rotatable bonds is 18. The summed E-state index contributed by atoms with van der Waals surface area (Å²) in [7, 11) is 0. The van der Waals surface area contributed by atoms with Crippen LogP contribution < -0.4 is 33.2 Å². The number of nitrogens with two attached hydrogens (primary N) is 3. The van der Waals surface area contributed by atoms with Crippen LogP contribution in [0.4, 0.5) is 0 Å². The molecule has 0 aliphatic rings. The molecule has 0 fully saturated rings. The molecule has 0 radical (unpaired) electrons. The number of benzene rings is 2. The largest absolute Gasteiger partial charge is 0.508 e. The van der Waals surface area contributed by atoms with E-state index in [9.17, 15) is 14.7 Å². The number of nitrogens with one attached hydrogen (secondary N) is 4. The van der Waals surface area contributed by atoms with Crippen LogP contribution in [-0.4, -0.2) is 58.2 Å². The summed E-state index contributed by atoms with van der Waals surface area (Å²) in [4.78, 5) is 31.6. The lowest BCUT2D eigenvalue weighted by atomic mass is 9.95. The third kappa shape index (κ3) is 11.5. The van der Waals surface area contributed by atoms with E-state index in [1.807, 2.05) is 44.2 Å². The number of phenols is 1. The second kappa shape index (κ2) is 17.7. The fourth-order valence-electron chi connectivity index (χ4n) is 5.09. The molecule has 2 aromatic carbocycles. The van der Waals surface area contributed by atoms with E-state index >= 15 is 0 Å². The summed E-state index contributed by atoms with van der Waals surface area (Å²) in [5.74, 6) is -0.109. The molecule has 3 atom stereocenters. The summed E-state index contributed by atoms with van der Waals surface area (Å²) >= 11 is 0. The van der Waals surface area contributed by atoms with Gasteiger partial charge in [0.1, 0.15) is 17.8 Å². The van der Waals surface area contributed by atoms with E-state index in [0.29, 0.717) is 50.5 Å². The molecule has 1 heterocycles. The van der Waals surface area contributed by atoms with Crippen molar-refractivity contribution < 1.29 is 19.2 Å². The van der Waals surface area contributed by atoms with Crippen molar-refractivity contribution >= 4 is 17.8 Å². The first-order valence-corrected chi connectivity index (χ1v) is 15.4. The molecule has 0 saturated carbocycles. The monoisotopic (exact) mass is 621 g/mol. The number of unbranched alkanes of at least 4 members (excludes halogenated alkanes) is 1. The highest BCUT2D eigenvalue weighted by Gasteiger charge is 2.29. The van der Waals surface area contributed by atoms with Crippen molar-refractivity contribution in [2.24, 2.45) is 17.2 Å². The van der Waals surface area contributed by atoms with Crippen LogP contribution >= 0.6 is 0 Å². The number of amides is 2. The normalized spacial score (nSPS) is 13.1. The number of guanidine groups is 1. The fourth-order valence-corrected chi connectivity index (χ4v) is 5.09. The molecule has 13 nitrogen and oxygen atoms in total. The van der Waals surface area contributed by atoms with Gasteiger partial charge in [0, 0.05) is 19.4 Å². The lowest BCUT2D eigenvalue weighted by Gasteiger charge is -2.24.